The lowest BCUT2D eigenvalue weighted by molar-refractivity contribution is 0.106. The summed E-state index contributed by atoms with van der Waals surface area (Å²) in [6, 6.07) is 21.0. The maximum atomic E-state index is 11.7. The molecule has 0 fully saturated rings. The van der Waals surface area contributed by atoms with Crippen LogP contribution >= 0.6 is 11.6 Å². The van der Waals surface area contributed by atoms with Crippen LogP contribution in [0.25, 0.3) is 11.3 Å². The second-order valence-electron chi connectivity index (χ2n) is 4.96. The number of hydrogen-bond donors (Lipinski definition) is 0. The zero-order valence-electron chi connectivity index (χ0n) is 12.1. The van der Waals surface area contributed by atoms with E-state index in [2.05, 4.69) is 11.1 Å². The summed E-state index contributed by atoms with van der Waals surface area (Å²) in [5.74, 6) is 0.0749. The summed E-state index contributed by atoms with van der Waals surface area (Å²) in [7, 11) is 0. The molecule has 4 nitrogen and oxygen atoms in total. The molecule has 0 saturated carbocycles. The normalized spacial score (nSPS) is 10.3. The molecular formula is C18H12ClN3O. The summed E-state index contributed by atoms with van der Waals surface area (Å²) < 4.78 is 1.56. The number of nitriles is 1. The van der Waals surface area contributed by atoms with Gasteiger partial charge in [0.1, 0.15) is 17.5 Å². The number of halogens is 1. The van der Waals surface area contributed by atoms with E-state index < -0.39 is 5.24 Å². The quantitative estimate of drug-likeness (QED) is 0.686. The minimum absolute atomic E-state index is 0.0749. The summed E-state index contributed by atoms with van der Waals surface area (Å²) in [5, 5.41) is 8.89. The van der Waals surface area contributed by atoms with Crippen molar-refractivity contribution in [1.29, 1.82) is 5.26 Å². The molecule has 1 aromatic heterocycles. The minimum Gasteiger partial charge on any atom is -0.307 e. The van der Waals surface area contributed by atoms with Crippen LogP contribution in [-0.2, 0) is 6.54 Å². The number of carbonyl (C=O) groups is 1. The van der Waals surface area contributed by atoms with Gasteiger partial charge in [0.25, 0.3) is 5.24 Å². The van der Waals surface area contributed by atoms with Crippen molar-refractivity contribution in [2.45, 2.75) is 6.54 Å². The summed E-state index contributed by atoms with van der Waals surface area (Å²) in [4.78, 5) is 16.0. The molecule has 112 valence electrons. The van der Waals surface area contributed by atoms with Crippen LogP contribution < -0.4 is 0 Å². The Bertz CT molecular complexity index is 880. The van der Waals surface area contributed by atoms with Crippen LogP contribution in [-0.4, -0.2) is 14.8 Å². The molecule has 3 aromatic rings. The van der Waals surface area contributed by atoms with Gasteiger partial charge in [0.15, 0.2) is 5.82 Å². The maximum absolute atomic E-state index is 11.7. The van der Waals surface area contributed by atoms with Crippen LogP contribution in [0.4, 0.5) is 0 Å². The first-order valence-electron chi connectivity index (χ1n) is 7.00. The van der Waals surface area contributed by atoms with Crippen molar-refractivity contribution in [3.05, 3.63) is 77.7 Å². The number of rotatable bonds is 4. The molecule has 0 radical (unpaired) electrons. The zero-order valence-corrected chi connectivity index (χ0v) is 12.9. The lowest BCUT2D eigenvalue weighted by Gasteiger charge is -2.07. The second-order valence-corrected chi connectivity index (χ2v) is 5.30. The Labute approximate surface area is 138 Å². The fourth-order valence-electron chi connectivity index (χ4n) is 2.43. The van der Waals surface area contributed by atoms with Crippen LogP contribution in [0.2, 0.25) is 0 Å². The van der Waals surface area contributed by atoms with E-state index in [0.29, 0.717) is 17.9 Å². The topological polar surface area (TPSA) is 58.7 Å². The van der Waals surface area contributed by atoms with E-state index in [4.69, 9.17) is 11.6 Å². The van der Waals surface area contributed by atoms with E-state index in [0.717, 1.165) is 11.1 Å². The van der Waals surface area contributed by atoms with E-state index in [1.165, 1.54) is 0 Å². The molecule has 0 spiro atoms. The first-order chi connectivity index (χ1) is 11.2. The van der Waals surface area contributed by atoms with Gasteiger partial charge < -0.3 is 4.57 Å². The molecule has 0 atom stereocenters. The number of imidazole rings is 1. The summed E-state index contributed by atoms with van der Waals surface area (Å²) >= 11 is 5.67. The molecule has 3 rings (SSSR count). The molecule has 5 heteroatoms. The monoisotopic (exact) mass is 321 g/mol. The number of nitrogens with zero attached hydrogens (tertiary/aromatic N) is 3. The van der Waals surface area contributed by atoms with Crippen LogP contribution in [0.5, 0.6) is 0 Å². The Morgan fingerprint density at radius 3 is 2.26 bits per heavy atom. The van der Waals surface area contributed by atoms with Crippen molar-refractivity contribution in [2.24, 2.45) is 0 Å². The lowest BCUT2D eigenvalue weighted by Crippen LogP contribution is -2.09. The average molecular weight is 322 g/mol. The number of benzene rings is 2. The maximum Gasteiger partial charge on any atom is 0.288 e. The van der Waals surface area contributed by atoms with Gasteiger partial charge in [-0.05, 0) is 17.2 Å². The zero-order chi connectivity index (χ0) is 16.2. The van der Waals surface area contributed by atoms with Gasteiger partial charge in [-0.2, -0.15) is 5.26 Å². The van der Waals surface area contributed by atoms with Crippen molar-refractivity contribution < 1.29 is 4.79 Å². The second kappa shape index (κ2) is 6.47. The summed E-state index contributed by atoms with van der Waals surface area (Å²) in [6.07, 6.45) is 0. The van der Waals surface area contributed by atoms with Gasteiger partial charge in [-0.1, -0.05) is 60.7 Å². The van der Waals surface area contributed by atoms with Gasteiger partial charge in [0.05, 0.1) is 6.54 Å². The molecule has 0 aliphatic heterocycles. The van der Waals surface area contributed by atoms with Crippen LogP contribution in [0, 0.1) is 11.3 Å². The average Bonchev–Trinajstić information content (AvgIpc) is 2.95. The standard InChI is InChI=1S/C18H12ClN3O/c19-17(23)18-21-16(14-9-5-2-6-10-14)15(11-20)22(18)12-13-7-3-1-4-8-13/h1-10H,12H2. The third kappa shape index (κ3) is 3.01. The fraction of sp³-hybridized carbons (Fsp3) is 0.0556. The molecule has 0 saturated heterocycles. The Hall–Kier alpha value is -2.90. The van der Waals surface area contributed by atoms with Crippen molar-refractivity contribution in [2.75, 3.05) is 0 Å². The van der Waals surface area contributed by atoms with E-state index in [-0.39, 0.29) is 5.82 Å². The molecule has 0 unspecified atom stereocenters. The molecular weight excluding hydrogens is 310 g/mol. The van der Waals surface area contributed by atoms with E-state index in [1.54, 1.807) is 4.57 Å². The molecule has 0 amide bonds. The van der Waals surface area contributed by atoms with Gasteiger partial charge in [-0.3, -0.25) is 4.79 Å². The first-order valence-corrected chi connectivity index (χ1v) is 7.38. The molecule has 0 aliphatic carbocycles. The Morgan fingerprint density at radius 2 is 1.70 bits per heavy atom. The SMILES string of the molecule is N#Cc1c(-c2ccccc2)nc(C(=O)Cl)n1Cc1ccccc1. The van der Waals surface area contributed by atoms with Gasteiger partial charge in [-0.25, -0.2) is 4.98 Å². The molecule has 0 bridgehead atoms. The van der Waals surface area contributed by atoms with Crippen molar-refractivity contribution in [1.82, 2.24) is 9.55 Å². The fourth-order valence-corrected chi connectivity index (χ4v) is 2.58. The van der Waals surface area contributed by atoms with Crippen LogP contribution in [0.3, 0.4) is 0 Å². The van der Waals surface area contributed by atoms with Gasteiger partial charge in [0.2, 0.25) is 0 Å². The van der Waals surface area contributed by atoms with Crippen molar-refractivity contribution in [3.8, 4) is 17.3 Å². The highest BCUT2D eigenvalue weighted by atomic mass is 35.5. The smallest absolute Gasteiger partial charge is 0.288 e. The third-order valence-corrected chi connectivity index (χ3v) is 3.65. The third-order valence-electron chi connectivity index (χ3n) is 3.48. The lowest BCUT2D eigenvalue weighted by atomic mass is 10.1. The van der Waals surface area contributed by atoms with Gasteiger partial charge in [0, 0.05) is 5.56 Å². The molecule has 2 aromatic carbocycles. The Balaban J connectivity index is 2.16. The van der Waals surface area contributed by atoms with E-state index in [1.807, 2.05) is 60.7 Å². The molecule has 0 N–H and O–H groups in total. The molecule has 1 heterocycles. The Kier molecular flexibility index (Phi) is 4.22. The van der Waals surface area contributed by atoms with Crippen molar-refractivity contribution >= 4 is 16.8 Å². The van der Waals surface area contributed by atoms with Crippen LogP contribution in [0.15, 0.2) is 60.7 Å². The van der Waals surface area contributed by atoms with Crippen molar-refractivity contribution in [3.63, 3.8) is 0 Å². The Morgan fingerprint density at radius 1 is 1.09 bits per heavy atom. The molecule has 23 heavy (non-hydrogen) atoms. The largest absolute Gasteiger partial charge is 0.307 e. The highest BCUT2D eigenvalue weighted by molar-refractivity contribution is 6.67. The summed E-state index contributed by atoms with van der Waals surface area (Å²) in [6.45, 7) is 0.358. The van der Waals surface area contributed by atoms with E-state index >= 15 is 0 Å². The van der Waals surface area contributed by atoms with Gasteiger partial charge >= 0.3 is 0 Å². The highest BCUT2D eigenvalue weighted by Crippen LogP contribution is 2.25. The highest BCUT2D eigenvalue weighted by Gasteiger charge is 2.22. The number of hydrogen-bond acceptors (Lipinski definition) is 3. The number of aromatic nitrogens is 2. The predicted molar refractivity (Wildman–Crippen MR) is 88.1 cm³/mol. The molecule has 0 aliphatic rings. The minimum atomic E-state index is -0.681. The predicted octanol–water partition coefficient (Wildman–Crippen LogP) is 3.85. The van der Waals surface area contributed by atoms with Crippen LogP contribution in [0.1, 0.15) is 21.9 Å². The van der Waals surface area contributed by atoms with Gasteiger partial charge in [-0.15, -0.1) is 0 Å². The first kappa shape index (κ1) is 15.0. The van der Waals surface area contributed by atoms with E-state index in [9.17, 15) is 10.1 Å². The number of carbonyl (C=O) groups excluding carboxylic acids is 1. The summed E-state index contributed by atoms with van der Waals surface area (Å²) in [5.41, 5.74) is 2.52.